The van der Waals surface area contributed by atoms with Gasteiger partial charge in [0.15, 0.2) is 5.82 Å². The number of tetrazole rings is 1. The molecule has 0 aliphatic carbocycles. The highest BCUT2D eigenvalue weighted by atomic mass is 16.4. The molecule has 0 spiro atoms. The molecule has 0 aliphatic heterocycles. The lowest BCUT2D eigenvalue weighted by Gasteiger charge is -2.07. The first-order chi connectivity index (χ1) is 9.13. The Morgan fingerprint density at radius 1 is 1.58 bits per heavy atom. The van der Waals surface area contributed by atoms with Crippen LogP contribution >= 0.6 is 0 Å². The number of aliphatic carboxylic acids is 1. The van der Waals surface area contributed by atoms with E-state index in [1.807, 2.05) is 13.0 Å². The van der Waals surface area contributed by atoms with Gasteiger partial charge in [0.25, 0.3) is 0 Å². The molecule has 1 unspecified atom stereocenters. The second-order valence-corrected chi connectivity index (χ2v) is 4.36. The van der Waals surface area contributed by atoms with E-state index in [4.69, 9.17) is 9.52 Å². The Kier molecular flexibility index (Phi) is 3.94. The van der Waals surface area contributed by atoms with Gasteiger partial charge < -0.3 is 9.52 Å². The van der Waals surface area contributed by atoms with E-state index in [1.165, 1.54) is 0 Å². The standard InChI is InChI=1S/C12H16N4O3/c1-3-10-9(5-7-19-10)11-13-14-15-16(11)6-4-8(2)12(17)18/h5,7-8H,3-4,6H2,1-2H3,(H,17,18). The summed E-state index contributed by atoms with van der Waals surface area (Å²) >= 11 is 0. The second kappa shape index (κ2) is 5.64. The lowest BCUT2D eigenvalue weighted by atomic mass is 10.1. The number of furan rings is 1. The van der Waals surface area contributed by atoms with Crippen LogP contribution in [0.3, 0.4) is 0 Å². The van der Waals surface area contributed by atoms with Gasteiger partial charge in [-0.3, -0.25) is 4.79 Å². The molecule has 0 saturated heterocycles. The molecule has 0 aromatic carbocycles. The van der Waals surface area contributed by atoms with Crippen LogP contribution in [0.1, 0.15) is 26.0 Å². The molecule has 19 heavy (non-hydrogen) atoms. The number of carboxylic acid groups (broad SMARTS) is 1. The molecule has 7 nitrogen and oxygen atoms in total. The number of aryl methyl sites for hydroxylation is 2. The minimum atomic E-state index is -0.813. The van der Waals surface area contributed by atoms with Gasteiger partial charge in [0.1, 0.15) is 5.76 Å². The first-order valence-corrected chi connectivity index (χ1v) is 6.19. The van der Waals surface area contributed by atoms with E-state index < -0.39 is 11.9 Å². The average molecular weight is 264 g/mol. The zero-order chi connectivity index (χ0) is 13.8. The average Bonchev–Trinajstić information content (AvgIpc) is 3.03. The van der Waals surface area contributed by atoms with Gasteiger partial charge in [-0.05, 0) is 22.9 Å². The first kappa shape index (κ1) is 13.3. The van der Waals surface area contributed by atoms with Crippen molar-refractivity contribution in [2.24, 2.45) is 5.92 Å². The van der Waals surface area contributed by atoms with Gasteiger partial charge in [-0.2, -0.15) is 0 Å². The normalized spacial score (nSPS) is 12.5. The Balaban J connectivity index is 2.16. The molecular weight excluding hydrogens is 248 g/mol. The Bertz CT molecular complexity index is 561. The number of nitrogens with zero attached hydrogens (tertiary/aromatic N) is 4. The van der Waals surface area contributed by atoms with Gasteiger partial charge in [-0.1, -0.05) is 13.8 Å². The topological polar surface area (TPSA) is 94.0 Å². The summed E-state index contributed by atoms with van der Waals surface area (Å²) in [6.07, 6.45) is 2.83. The number of hydrogen-bond acceptors (Lipinski definition) is 5. The summed E-state index contributed by atoms with van der Waals surface area (Å²) in [5.41, 5.74) is 0.857. The molecule has 0 radical (unpaired) electrons. The van der Waals surface area contributed by atoms with Gasteiger partial charge in [0.2, 0.25) is 0 Å². The zero-order valence-electron chi connectivity index (χ0n) is 10.9. The highest BCUT2D eigenvalue weighted by molar-refractivity contribution is 5.69. The van der Waals surface area contributed by atoms with Crippen LogP contribution in [-0.4, -0.2) is 31.3 Å². The molecule has 0 bridgehead atoms. The fourth-order valence-electron chi connectivity index (χ4n) is 1.80. The van der Waals surface area contributed by atoms with Gasteiger partial charge in [-0.15, -0.1) is 5.10 Å². The Morgan fingerprint density at radius 2 is 2.37 bits per heavy atom. The van der Waals surface area contributed by atoms with Crippen molar-refractivity contribution in [1.29, 1.82) is 0 Å². The maximum Gasteiger partial charge on any atom is 0.306 e. The van der Waals surface area contributed by atoms with E-state index in [0.717, 1.165) is 17.7 Å². The van der Waals surface area contributed by atoms with Crippen molar-refractivity contribution < 1.29 is 14.3 Å². The monoisotopic (exact) mass is 264 g/mol. The highest BCUT2D eigenvalue weighted by Gasteiger charge is 2.17. The molecule has 0 saturated carbocycles. The molecule has 0 amide bonds. The lowest BCUT2D eigenvalue weighted by molar-refractivity contribution is -0.141. The number of carbonyl (C=O) groups is 1. The van der Waals surface area contributed by atoms with Crippen LogP contribution in [0.2, 0.25) is 0 Å². The molecular formula is C12H16N4O3. The first-order valence-electron chi connectivity index (χ1n) is 6.19. The molecule has 2 aromatic heterocycles. The van der Waals surface area contributed by atoms with Crippen molar-refractivity contribution in [3.05, 3.63) is 18.1 Å². The minimum absolute atomic E-state index is 0.424. The summed E-state index contributed by atoms with van der Waals surface area (Å²) in [6, 6.07) is 1.82. The van der Waals surface area contributed by atoms with E-state index in [-0.39, 0.29) is 0 Å². The van der Waals surface area contributed by atoms with E-state index in [9.17, 15) is 4.79 Å². The summed E-state index contributed by atoms with van der Waals surface area (Å²) < 4.78 is 6.97. The summed E-state index contributed by atoms with van der Waals surface area (Å²) in [7, 11) is 0. The minimum Gasteiger partial charge on any atom is -0.481 e. The Hall–Kier alpha value is -2.18. The molecule has 7 heteroatoms. The molecule has 102 valence electrons. The van der Waals surface area contributed by atoms with Crippen LogP contribution in [-0.2, 0) is 17.8 Å². The molecule has 0 fully saturated rings. The second-order valence-electron chi connectivity index (χ2n) is 4.36. The Morgan fingerprint density at radius 3 is 3.05 bits per heavy atom. The fraction of sp³-hybridized carbons (Fsp3) is 0.500. The van der Waals surface area contributed by atoms with E-state index in [2.05, 4.69) is 15.5 Å². The predicted octanol–water partition coefficient (Wildman–Crippen LogP) is 1.61. The number of aromatic nitrogens is 4. The van der Waals surface area contributed by atoms with Crippen LogP contribution < -0.4 is 0 Å². The SMILES string of the molecule is CCc1occc1-c1nnnn1CCC(C)C(=O)O. The molecule has 2 aromatic rings. The predicted molar refractivity (Wildman–Crippen MR) is 66.3 cm³/mol. The Labute approximate surface area is 110 Å². The smallest absolute Gasteiger partial charge is 0.306 e. The maximum atomic E-state index is 10.8. The third-order valence-corrected chi connectivity index (χ3v) is 3.03. The van der Waals surface area contributed by atoms with Crippen molar-refractivity contribution in [2.45, 2.75) is 33.2 Å². The molecule has 2 rings (SSSR count). The molecule has 0 aliphatic rings. The van der Waals surface area contributed by atoms with Gasteiger partial charge in [0, 0.05) is 13.0 Å². The van der Waals surface area contributed by atoms with Crippen LogP contribution in [0.25, 0.3) is 11.4 Å². The summed E-state index contributed by atoms with van der Waals surface area (Å²) in [6.45, 7) is 4.12. The summed E-state index contributed by atoms with van der Waals surface area (Å²) in [4.78, 5) is 10.8. The van der Waals surface area contributed by atoms with Gasteiger partial charge in [0.05, 0.1) is 17.7 Å². The lowest BCUT2D eigenvalue weighted by Crippen LogP contribution is -2.14. The largest absolute Gasteiger partial charge is 0.481 e. The van der Waals surface area contributed by atoms with E-state index in [1.54, 1.807) is 17.9 Å². The number of rotatable bonds is 6. The maximum absolute atomic E-state index is 10.8. The summed E-state index contributed by atoms with van der Waals surface area (Å²) in [5, 5.41) is 20.4. The van der Waals surface area contributed by atoms with E-state index in [0.29, 0.717) is 18.8 Å². The van der Waals surface area contributed by atoms with Crippen LogP contribution in [0.4, 0.5) is 0 Å². The van der Waals surface area contributed by atoms with Crippen molar-refractivity contribution in [3.63, 3.8) is 0 Å². The van der Waals surface area contributed by atoms with Crippen molar-refractivity contribution in [2.75, 3.05) is 0 Å². The third-order valence-electron chi connectivity index (χ3n) is 3.03. The summed E-state index contributed by atoms with van der Waals surface area (Å²) in [5.74, 6) is 0.199. The highest BCUT2D eigenvalue weighted by Crippen LogP contribution is 2.23. The zero-order valence-corrected chi connectivity index (χ0v) is 10.9. The fourth-order valence-corrected chi connectivity index (χ4v) is 1.80. The van der Waals surface area contributed by atoms with Crippen LogP contribution in [0, 0.1) is 5.92 Å². The third kappa shape index (κ3) is 2.81. The number of carboxylic acids is 1. The molecule has 1 N–H and O–H groups in total. The molecule has 1 atom stereocenters. The van der Waals surface area contributed by atoms with Crippen molar-refractivity contribution in [1.82, 2.24) is 20.2 Å². The van der Waals surface area contributed by atoms with Crippen molar-refractivity contribution in [3.8, 4) is 11.4 Å². The molecule has 2 heterocycles. The van der Waals surface area contributed by atoms with Crippen LogP contribution in [0.5, 0.6) is 0 Å². The van der Waals surface area contributed by atoms with Gasteiger partial charge >= 0.3 is 5.97 Å². The van der Waals surface area contributed by atoms with Crippen molar-refractivity contribution >= 4 is 5.97 Å². The van der Waals surface area contributed by atoms with E-state index >= 15 is 0 Å². The quantitative estimate of drug-likeness (QED) is 0.851. The number of hydrogen-bond donors (Lipinski definition) is 1. The van der Waals surface area contributed by atoms with Gasteiger partial charge in [-0.25, -0.2) is 4.68 Å². The van der Waals surface area contributed by atoms with Crippen LogP contribution in [0.15, 0.2) is 16.7 Å².